The number of nitrogen functional groups attached to an aromatic ring is 1. The smallest absolute Gasteiger partial charge is 0.180 e. The largest absolute Gasteiger partial charge is 0.495 e. The van der Waals surface area contributed by atoms with Crippen molar-refractivity contribution in [1.29, 1.82) is 0 Å². The van der Waals surface area contributed by atoms with Gasteiger partial charge in [-0.05, 0) is 12.1 Å². The molecule has 0 fully saturated rings. The van der Waals surface area contributed by atoms with Gasteiger partial charge in [-0.3, -0.25) is 0 Å². The Balaban J connectivity index is 2.03. The molecule has 8 heteroatoms. The molecule has 7 nitrogen and oxygen atoms in total. The summed E-state index contributed by atoms with van der Waals surface area (Å²) in [5, 5.41) is 3.72. The van der Waals surface area contributed by atoms with Gasteiger partial charge in [0.1, 0.15) is 5.75 Å². The summed E-state index contributed by atoms with van der Waals surface area (Å²) in [7, 11) is 1.56. The van der Waals surface area contributed by atoms with E-state index < -0.39 is 0 Å². The van der Waals surface area contributed by atoms with Crippen LogP contribution in [0.1, 0.15) is 0 Å². The van der Waals surface area contributed by atoms with Crippen LogP contribution in [0.5, 0.6) is 5.75 Å². The first kappa shape index (κ1) is 13.5. The second-order valence-corrected chi connectivity index (χ2v) is 4.66. The summed E-state index contributed by atoms with van der Waals surface area (Å²) in [4.78, 5) is 8.62. The van der Waals surface area contributed by atoms with Crippen LogP contribution in [0.4, 0.5) is 17.3 Å². The maximum Gasteiger partial charge on any atom is 0.180 e. The van der Waals surface area contributed by atoms with Gasteiger partial charge in [-0.2, -0.15) is 0 Å². The molecule has 21 heavy (non-hydrogen) atoms. The van der Waals surface area contributed by atoms with E-state index in [9.17, 15) is 0 Å². The van der Waals surface area contributed by atoms with E-state index in [0.717, 1.165) is 5.69 Å². The van der Waals surface area contributed by atoms with Gasteiger partial charge in [0, 0.05) is 24.1 Å². The lowest BCUT2D eigenvalue weighted by molar-refractivity contribution is 0.415. The Morgan fingerprint density at radius 1 is 1.38 bits per heavy atom. The summed E-state index contributed by atoms with van der Waals surface area (Å²) in [6.07, 6.45) is 5.24. The van der Waals surface area contributed by atoms with Crippen molar-refractivity contribution in [1.82, 2.24) is 14.4 Å². The van der Waals surface area contributed by atoms with Crippen molar-refractivity contribution >= 4 is 34.6 Å². The highest BCUT2D eigenvalue weighted by Gasteiger charge is 2.09. The van der Waals surface area contributed by atoms with Gasteiger partial charge in [0.2, 0.25) is 0 Å². The zero-order valence-corrected chi connectivity index (χ0v) is 11.9. The Morgan fingerprint density at radius 2 is 2.24 bits per heavy atom. The topological polar surface area (TPSA) is 89.5 Å². The molecule has 108 valence electrons. The van der Waals surface area contributed by atoms with E-state index in [0.29, 0.717) is 28.1 Å². The number of nitrogens with zero attached hydrogens (tertiary/aromatic N) is 3. The lowest BCUT2D eigenvalue weighted by Gasteiger charge is -2.11. The summed E-state index contributed by atoms with van der Waals surface area (Å²) < 4.78 is 7.01. The van der Waals surface area contributed by atoms with Gasteiger partial charge in [0.15, 0.2) is 17.3 Å². The fourth-order valence-electron chi connectivity index (χ4n) is 1.96. The van der Waals surface area contributed by atoms with Gasteiger partial charge in [-0.15, -0.1) is 0 Å². The molecule has 0 aliphatic heterocycles. The van der Waals surface area contributed by atoms with Crippen LogP contribution in [-0.4, -0.2) is 21.5 Å². The molecule has 3 rings (SSSR count). The minimum Gasteiger partial charge on any atom is -0.495 e. The van der Waals surface area contributed by atoms with Crippen LogP contribution in [0.2, 0.25) is 5.02 Å². The first-order valence-corrected chi connectivity index (χ1v) is 6.50. The Bertz CT molecular complexity index is 787. The summed E-state index contributed by atoms with van der Waals surface area (Å²) in [5.41, 5.74) is 3.98. The Labute approximate surface area is 125 Å². The first-order chi connectivity index (χ1) is 10.2. The molecular weight excluding hydrogens is 292 g/mol. The number of benzene rings is 1. The molecule has 0 aliphatic carbocycles. The Morgan fingerprint density at radius 3 is 3.00 bits per heavy atom. The van der Waals surface area contributed by atoms with Crippen LogP contribution >= 0.6 is 11.6 Å². The number of anilines is 3. The molecule has 4 N–H and O–H groups in total. The summed E-state index contributed by atoms with van der Waals surface area (Å²) in [6, 6.07) is 5.36. The van der Waals surface area contributed by atoms with Gasteiger partial charge in [-0.25, -0.2) is 15.8 Å². The second-order valence-electron chi connectivity index (χ2n) is 4.25. The zero-order valence-electron chi connectivity index (χ0n) is 11.2. The molecule has 1 aromatic carbocycles. The number of rotatable bonds is 4. The van der Waals surface area contributed by atoms with Gasteiger partial charge in [0.25, 0.3) is 0 Å². The van der Waals surface area contributed by atoms with Crippen molar-refractivity contribution in [3.8, 4) is 5.75 Å². The van der Waals surface area contributed by atoms with E-state index in [1.54, 1.807) is 31.6 Å². The quantitative estimate of drug-likeness (QED) is 0.506. The first-order valence-electron chi connectivity index (χ1n) is 6.12. The third-order valence-electron chi connectivity index (χ3n) is 2.94. The molecule has 0 spiro atoms. The van der Waals surface area contributed by atoms with Crippen molar-refractivity contribution in [2.24, 2.45) is 5.84 Å². The van der Waals surface area contributed by atoms with Gasteiger partial charge in [0.05, 0.1) is 18.3 Å². The maximum absolute atomic E-state index is 6.01. The number of aromatic nitrogens is 3. The number of nitrogens with one attached hydrogen (secondary N) is 2. The van der Waals surface area contributed by atoms with Gasteiger partial charge >= 0.3 is 0 Å². The number of hydrogen-bond acceptors (Lipinski definition) is 6. The fraction of sp³-hybridized carbons (Fsp3) is 0.0769. The average Bonchev–Trinajstić information content (AvgIpc) is 2.97. The number of methoxy groups -OCH3 is 1. The van der Waals surface area contributed by atoms with E-state index in [2.05, 4.69) is 20.7 Å². The molecule has 3 aromatic rings. The van der Waals surface area contributed by atoms with Gasteiger partial charge in [-0.1, -0.05) is 11.6 Å². The zero-order chi connectivity index (χ0) is 14.8. The lowest BCUT2D eigenvalue weighted by Crippen LogP contribution is -2.11. The Kier molecular flexibility index (Phi) is 3.51. The van der Waals surface area contributed by atoms with Crippen molar-refractivity contribution in [3.05, 3.63) is 41.8 Å². The number of nitrogens with two attached hydrogens (primary N) is 1. The molecule has 0 unspecified atom stereocenters. The third-order valence-corrected chi connectivity index (χ3v) is 3.25. The van der Waals surface area contributed by atoms with Crippen LogP contribution in [-0.2, 0) is 0 Å². The number of halogens is 1. The lowest BCUT2D eigenvalue weighted by atomic mass is 10.3. The standard InChI is InChI=1S/C13H13ClN6O/c1-21-10-6-8(2-3-9(10)14)17-12-13-16-4-5-20(13)7-11(18-12)19-15/h2-7,19H,15H2,1H3,(H,17,18). The normalized spacial score (nSPS) is 10.6. The third kappa shape index (κ3) is 2.56. The fourth-order valence-corrected chi connectivity index (χ4v) is 2.15. The molecule has 0 saturated carbocycles. The SMILES string of the molecule is COc1cc(Nc2nc(NN)cn3ccnc23)ccc1Cl. The summed E-state index contributed by atoms with van der Waals surface area (Å²) >= 11 is 6.01. The van der Waals surface area contributed by atoms with E-state index >= 15 is 0 Å². The highest BCUT2D eigenvalue weighted by molar-refractivity contribution is 6.32. The average molecular weight is 305 g/mol. The summed E-state index contributed by atoms with van der Waals surface area (Å²) in [5.74, 6) is 7.09. The number of fused-ring (bicyclic) bond motifs is 1. The van der Waals surface area contributed by atoms with Crippen molar-refractivity contribution in [2.75, 3.05) is 17.9 Å². The predicted octanol–water partition coefficient (Wildman–Crippen LogP) is 2.42. The summed E-state index contributed by atoms with van der Waals surface area (Å²) in [6.45, 7) is 0. The van der Waals surface area contributed by atoms with Crippen LogP contribution in [0.25, 0.3) is 5.65 Å². The number of ether oxygens (including phenoxy) is 1. The van der Waals surface area contributed by atoms with E-state index in [-0.39, 0.29) is 0 Å². The van der Waals surface area contributed by atoms with Crippen molar-refractivity contribution in [3.63, 3.8) is 0 Å². The highest BCUT2D eigenvalue weighted by atomic mass is 35.5. The number of hydrogen-bond donors (Lipinski definition) is 3. The monoisotopic (exact) mass is 304 g/mol. The highest BCUT2D eigenvalue weighted by Crippen LogP contribution is 2.29. The van der Waals surface area contributed by atoms with E-state index in [4.69, 9.17) is 22.2 Å². The molecular formula is C13H13ClN6O. The molecule has 2 aromatic heterocycles. The maximum atomic E-state index is 6.01. The molecule has 0 bridgehead atoms. The van der Waals surface area contributed by atoms with Crippen LogP contribution in [0.15, 0.2) is 36.8 Å². The van der Waals surface area contributed by atoms with Crippen LogP contribution in [0.3, 0.4) is 0 Å². The van der Waals surface area contributed by atoms with E-state index in [1.165, 1.54) is 0 Å². The Hall–Kier alpha value is -2.51. The van der Waals surface area contributed by atoms with Crippen LogP contribution < -0.4 is 21.3 Å². The second kappa shape index (κ2) is 5.47. The number of imidazole rings is 1. The minimum absolute atomic E-state index is 0.518. The van der Waals surface area contributed by atoms with E-state index in [1.807, 2.05) is 16.7 Å². The molecule has 0 atom stereocenters. The molecule has 0 amide bonds. The molecule has 2 heterocycles. The molecule has 0 aliphatic rings. The van der Waals surface area contributed by atoms with Gasteiger partial charge < -0.3 is 19.9 Å². The minimum atomic E-state index is 0.518. The molecule has 0 saturated heterocycles. The van der Waals surface area contributed by atoms with Crippen molar-refractivity contribution < 1.29 is 4.74 Å². The predicted molar refractivity (Wildman–Crippen MR) is 82.1 cm³/mol. The number of hydrazine groups is 1. The van der Waals surface area contributed by atoms with Crippen LogP contribution in [0, 0.1) is 0 Å². The van der Waals surface area contributed by atoms with Crippen molar-refractivity contribution in [2.45, 2.75) is 0 Å². The molecule has 0 radical (unpaired) electrons.